The van der Waals surface area contributed by atoms with E-state index in [-0.39, 0.29) is 0 Å². The SMILES string of the molecule is C1=CC2C=Cc3c(c4c5c(ccc4n3-c3cccc4ccccc34)sc3c(-c4ccccc4)cccc35)C2C=C1. The van der Waals surface area contributed by atoms with Crippen molar-refractivity contribution in [1.82, 2.24) is 4.57 Å². The first-order valence-electron chi connectivity index (χ1n) is 14.0. The van der Waals surface area contributed by atoms with Crippen LogP contribution >= 0.6 is 11.3 Å². The summed E-state index contributed by atoms with van der Waals surface area (Å²) < 4.78 is 5.24. The Hall–Kier alpha value is -4.66. The lowest BCUT2D eigenvalue weighted by molar-refractivity contribution is 0.694. The summed E-state index contributed by atoms with van der Waals surface area (Å²) in [6, 6.07) is 37.8. The summed E-state index contributed by atoms with van der Waals surface area (Å²) in [5.74, 6) is 0.700. The molecule has 2 aromatic heterocycles. The molecule has 1 nitrogen and oxygen atoms in total. The van der Waals surface area contributed by atoms with E-state index in [1.54, 1.807) is 0 Å². The molecule has 188 valence electrons. The van der Waals surface area contributed by atoms with E-state index in [2.05, 4.69) is 144 Å². The van der Waals surface area contributed by atoms with Crippen LogP contribution in [-0.4, -0.2) is 4.57 Å². The van der Waals surface area contributed by atoms with E-state index in [0.29, 0.717) is 11.8 Å². The maximum atomic E-state index is 2.52. The molecule has 0 N–H and O–H groups in total. The fraction of sp³-hybridized carbons (Fsp3) is 0.0526. The molecule has 2 aliphatic carbocycles. The molecule has 0 aliphatic heterocycles. The van der Waals surface area contributed by atoms with Crippen molar-refractivity contribution in [2.75, 3.05) is 0 Å². The van der Waals surface area contributed by atoms with E-state index in [9.17, 15) is 0 Å². The average molecular weight is 528 g/mol. The average Bonchev–Trinajstić information content (AvgIpc) is 3.57. The molecule has 0 radical (unpaired) electrons. The van der Waals surface area contributed by atoms with E-state index in [1.165, 1.54) is 69.9 Å². The van der Waals surface area contributed by atoms with Crippen molar-refractivity contribution in [1.29, 1.82) is 0 Å². The normalized spacial score (nSPS) is 17.7. The summed E-state index contributed by atoms with van der Waals surface area (Å²) in [5.41, 5.74) is 7.87. The van der Waals surface area contributed by atoms with Gasteiger partial charge in [-0.2, -0.15) is 0 Å². The van der Waals surface area contributed by atoms with E-state index < -0.39 is 0 Å². The monoisotopic (exact) mass is 527 g/mol. The van der Waals surface area contributed by atoms with Crippen LogP contribution < -0.4 is 0 Å². The van der Waals surface area contributed by atoms with Gasteiger partial charge in [-0.05, 0) is 46.4 Å². The molecule has 0 fully saturated rings. The first-order chi connectivity index (χ1) is 19.9. The first kappa shape index (κ1) is 22.2. The van der Waals surface area contributed by atoms with Crippen LogP contribution in [0.4, 0.5) is 0 Å². The zero-order chi connectivity index (χ0) is 26.2. The summed E-state index contributed by atoms with van der Waals surface area (Å²) in [6.07, 6.45) is 13.9. The van der Waals surface area contributed by atoms with E-state index in [4.69, 9.17) is 0 Å². The smallest absolute Gasteiger partial charge is 0.0545 e. The Kier molecular flexibility index (Phi) is 4.67. The van der Waals surface area contributed by atoms with Crippen molar-refractivity contribution in [2.45, 2.75) is 5.92 Å². The third-order valence-corrected chi connectivity index (χ3v) is 9.95. The summed E-state index contributed by atoms with van der Waals surface area (Å²) in [7, 11) is 0. The second-order valence-electron chi connectivity index (χ2n) is 10.8. The highest BCUT2D eigenvalue weighted by atomic mass is 32.1. The molecule has 2 unspecified atom stereocenters. The number of fused-ring (bicyclic) bond motifs is 10. The van der Waals surface area contributed by atoms with Gasteiger partial charge in [0, 0.05) is 42.8 Å². The molecule has 0 bridgehead atoms. The largest absolute Gasteiger partial charge is 0.309 e. The molecule has 7 aromatic rings. The van der Waals surface area contributed by atoms with Gasteiger partial charge in [0.1, 0.15) is 0 Å². The van der Waals surface area contributed by atoms with Gasteiger partial charge >= 0.3 is 0 Å². The molecule has 0 saturated heterocycles. The maximum absolute atomic E-state index is 2.52. The highest BCUT2D eigenvalue weighted by Gasteiger charge is 2.32. The molecule has 0 amide bonds. The third-order valence-electron chi connectivity index (χ3n) is 8.75. The predicted octanol–water partition coefficient (Wildman–Crippen LogP) is 10.7. The molecule has 2 heteroatoms. The van der Waals surface area contributed by atoms with Crippen LogP contribution in [0.2, 0.25) is 0 Å². The molecular formula is C38H25NS. The quantitative estimate of drug-likeness (QED) is 0.211. The topological polar surface area (TPSA) is 4.93 Å². The molecule has 2 atom stereocenters. The van der Waals surface area contributed by atoms with Gasteiger partial charge in [-0.25, -0.2) is 0 Å². The first-order valence-corrected chi connectivity index (χ1v) is 14.8. The summed E-state index contributed by atoms with van der Waals surface area (Å²) >= 11 is 1.93. The number of rotatable bonds is 2. The van der Waals surface area contributed by atoms with Crippen molar-refractivity contribution in [3.8, 4) is 16.8 Å². The van der Waals surface area contributed by atoms with Gasteiger partial charge in [0.2, 0.25) is 0 Å². The van der Waals surface area contributed by atoms with Crippen LogP contribution in [0.3, 0.4) is 0 Å². The Bertz CT molecular complexity index is 2220. The van der Waals surface area contributed by atoms with Crippen LogP contribution in [0, 0.1) is 5.92 Å². The lowest BCUT2D eigenvalue weighted by atomic mass is 9.78. The van der Waals surface area contributed by atoms with Crippen LogP contribution in [0.1, 0.15) is 17.2 Å². The standard InChI is InChI=1S/C38H25NS/c1-2-10-25(11-3-1)29-17-9-18-30-36-34(40-38(29)30)23-22-33-37(36)35-28-16-7-5-13-26(28)20-21-32(35)39(33)31-19-8-14-24-12-4-6-15-27(24)31/h1-23,26,28H. The number of hydrogen-bond acceptors (Lipinski definition) is 1. The Labute approximate surface area is 236 Å². The second kappa shape index (κ2) is 8.42. The van der Waals surface area contributed by atoms with Gasteiger partial charge in [0.15, 0.2) is 0 Å². The molecule has 2 heterocycles. The fourth-order valence-corrected chi connectivity index (χ4v) is 8.27. The van der Waals surface area contributed by atoms with E-state index >= 15 is 0 Å². The molecule has 0 spiro atoms. The van der Waals surface area contributed by atoms with Crippen LogP contribution in [0.5, 0.6) is 0 Å². The number of aromatic nitrogens is 1. The van der Waals surface area contributed by atoms with E-state index in [0.717, 1.165) is 0 Å². The Morgan fingerprint density at radius 1 is 0.625 bits per heavy atom. The minimum absolute atomic E-state index is 0.321. The van der Waals surface area contributed by atoms with Crippen LogP contribution in [0.25, 0.3) is 64.7 Å². The van der Waals surface area contributed by atoms with Gasteiger partial charge in [0.25, 0.3) is 0 Å². The molecule has 9 rings (SSSR count). The predicted molar refractivity (Wildman–Crippen MR) is 173 cm³/mol. The fourth-order valence-electron chi connectivity index (χ4n) is 7.02. The summed E-state index contributed by atoms with van der Waals surface area (Å²) in [5, 5.41) is 6.69. The highest BCUT2D eigenvalue weighted by molar-refractivity contribution is 7.26. The summed E-state index contributed by atoms with van der Waals surface area (Å²) in [4.78, 5) is 0. The minimum atomic E-state index is 0.321. The van der Waals surface area contributed by atoms with Crippen molar-refractivity contribution in [3.05, 3.63) is 145 Å². The van der Waals surface area contributed by atoms with Crippen LogP contribution in [-0.2, 0) is 0 Å². The minimum Gasteiger partial charge on any atom is -0.309 e. The maximum Gasteiger partial charge on any atom is 0.0545 e. The summed E-state index contributed by atoms with van der Waals surface area (Å²) in [6.45, 7) is 0. The second-order valence-corrected chi connectivity index (χ2v) is 11.9. The van der Waals surface area contributed by atoms with Gasteiger partial charge in [-0.3, -0.25) is 0 Å². The van der Waals surface area contributed by atoms with Crippen molar-refractivity contribution in [2.24, 2.45) is 5.92 Å². The van der Waals surface area contributed by atoms with Crippen molar-refractivity contribution < 1.29 is 0 Å². The van der Waals surface area contributed by atoms with Gasteiger partial charge in [0.05, 0.1) is 16.9 Å². The molecule has 40 heavy (non-hydrogen) atoms. The van der Waals surface area contributed by atoms with Crippen LogP contribution in [0.15, 0.2) is 134 Å². The zero-order valence-electron chi connectivity index (χ0n) is 21.8. The molecule has 2 aliphatic rings. The Balaban J connectivity index is 1.46. The van der Waals surface area contributed by atoms with Crippen molar-refractivity contribution >= 4 is 59.3 Å². The number of nitrogens with zero attached hydrogens (tertiary/aromatic N) is 1. The molecule has 0 saturated carbocycles. The number of allylic oxidation sites excluding steroid dienone is 5. The van der Waals surface area contributed by atoms with Crippen molar-refractivity contribution in [3.63, 3.8) is 0 Å². The Morgan fingerprint density at radius 3 is 2.38 bits per heavy atom. The lowest BCUT2D eigenvalue weighted by Crippen LogP contribution is -2.14. The van der Waals surface area contributed by atoms with Gasteiger partial charge in [-0.15, -0.1) is 11.3 Å². The molecule has 5 aromatic carbocycles. The number of thiophene rings is 1. The van der Waals surface area contributed by atoms with Gasteiger partial charge in [-0.1, -0.05) is 115 Å². The van der Waals surface area contributed by atoms with E-state index in [1.807, 2.05) is 11.3 Å². The molecular weight excluding hydrogens is 502 g/mol. The lowest BCUT2D eigenvalue weighted by Gasteiger charge is -2.26. The zero-order valence-corrected chi connectivity index (χ0v) is 22.6. The highest BCUT2D eigenvalue weighted by Crippen LogP contribution is 2.50. The Morgan fingerprint density at radius 2 is 1.43 bits per heavy atom. The third kappa shape index (κ3) is 3.03. The number of benzene rings is 5. The number of hydrogen-bond donors (Lipinski definition) is 0. The van der Waals surface area contributed by atoms with Gasteiger partial charge < -0.3 is 4.57 Å².